The molecule has 0 fully saturated rings. The first-order valence-corrected chi connectivity index (χ1v) is 18.7. The van der Waals surface area contributed by atoms with Crippen LogP contribution in [0.3, 0.4) is 0 Å². The largest absolute Gasteiger partial charge is 0.303 e. The molecule has 46 heavy (non-hydrogen) atoms. The van der Waals surface area contributed by atoms with Gasteiger partial charge in [0.05, 0.1) is 29.3 Å². The molecule has 7 heteroatoms. The molecule has 1 atom stereocenters. The van der Waals surface area contributed by atoms with Gasteiger partial charge in [0, 0.05) is 64.9 Å². The molecule has 0 saturated heterocycles. The van der Waals surface area contributed by atoms with Crippen molar-refractivity contribution >= 4 is 61.9 Å². The van der Waals surface area contributed by atoms with E-state index in [1.54, 1.807) is 0 Å². The van der Waals surface area contributed by atoms with Crippen LogP contribution in [0.25, 0.3) is 43.1 Å². The number of nitrogens with zero attached hydrogens (tertiary/aromatic N) is 3. The molecule has 0 bridgehead atoms. The van der Waals surface area contributed by atoms with Crippen molar-refractivity contribution in [3.63, 3.8) is 0 Å². The molecule has 236 valence electrons. The fourth-order valence-electron chi connectivity index (χ4n) is 6.31. The van der Waals surface area contributed by atoms with E-state index in [1.807, 2.05) is 46.4 Å². The first-order valence-electron chi connectivity index (χ1n) is 16.2. The van der Waals surface area contributed by atoms with Crippen LogP contribution < -0.4 is 5.32 Å². The standard InChI is InChI=1S/C39H42N4S3/c1-9-39(7,8)31-17-15-29(45-31)25-11-13-27(35-33(25)41-19-21-43-35)37-23(3)22(2)36(46-37)26-12-10-24(32-34(26)42-20-18-40-32)28-14-16-30(44-28)38(4,5)6/h10-17,19,21,32,40H,9,18,20H2,1-8H3. The van der Waals surface area contributed by atoms with Gasteiger partial charge in [0.25, 0.3) is 0 Å². The zero-order chi connectivity index (χ0) is 32.4. The van der Waals surface area contributed by atoms with E-state index >= 15 is 0 Å². The van der Waals surface area contributed by atoms with Gasteiger partial charge in [0.1, 0.15) is 0 Å². The minimum absolute atomic E-state index is 0.102. The Labute approximate surface area is 285 Å². The number of allylic oxidation sites excluding steroid dienone is 2. The third kappa shape index (κ3) is 5.35. The zero-order valence-corrected chi connectivity index (χ0v) is 30.5. The van der Waals surface area contributed by atoms with E-state index in [9.17, 15) is 0 Å². The van der Waals surface area contributed by atoms with Crippen molar-refractivity contribution in [1.29, 1.82) is 0 Å². The lowest BCUT2D eigenvalue weighted by Gasteiger charge is -2.31. The lowest BCUT2D eigenvalue weighted by molar-refractivity contribution is 0.517. The Kier molecular flexibility index (Phi) is 8.03. The summed E-state index contributed by atoms with van der Waals surface area (Å²) < 4.78 is 0. The van der Waals surface area contributed by atoms with Crippen LogP contribution in [0, 0.1) is 13.8 Å². The maximum Gasteiger partial charge on any atom is 0.0980 e. The van der Waals surface area contributed by atoms with E-state index in [2.05, 4.69) is 109 Å². The summed E-state index contributed by atoms with van der Waals surface area (Å²) in [5, 5.41) is 3.80. The van der Waals surface area contributed by atoms with Gasteiger partial charge in [0.2, 0.25) is 0 Å². The average Bonchev–Trinajstić information content (AvgIpc) is 3.81. The highest BCUT2D eigenvalue weighted by Gasteiger charge is 2.33. The van der Waals surface area contributed by atoms with Gasteiger partial charge in [-0.25, -0.2) is 0 Å². The van der Waals surface area contributed by atoms with E-state index in [4.69, 9.17) is 15.0 Å². The van der Waals surface area contributed by atoms with E-state index < -0.39 is 0 Å². The number of nitrogens with one attached hydrogen (secondary N) is 1. The molecule has 0 spiro atoms. The summed E-state index contributed by atoms with van der Waals surface area (Å²) in [7, 11) is 0. The molecule has 4 nitrogen and oxygen atoms in total. The maximum absolute atomic E-state index is 5.15. The Morgan fingerprint density at radius 2 is 1.41 bits per heavy atom. The minimum atomic E-state index is 0.102. The fourth-order valence-corrected chi connectivity index (χ4v) is 10.0. The molecule has 1 aromatic carbocycles. The van der Waals surface area contributed by atoms with Crippen molar-refractivity contribution in [1.82, 2.24) is 15.3 Å². The molecule has 5 heterocycles. The third-order valence-electron chi connectivity index (χ3n) is 9.65. The van der Waals surface area contributed by atoms with Crippen molar-refractivity contribution < 1.29 is 0 Å². The monoisotopic (exact) mass is 662 g/mol. The smallest absolute Gasteiger partial charge is 0.0980 e. The summed E-state index contributed by atoms with van der Waals surface area (Å²) in [6.45, 7) is 20.0. The van der Waals surface area contributed by atoms with Crippen LogP contribution in [-0.2, 0) is 10.8 Å². The molecular formula is C39H42N4S3. The summed E-state index contributed by atoms with van der Waals surface area (Å²) in [5.41, 5.74) is 10.9. The highest BCUT2D eigenvalue weighted by atomic mass is 32.1. The molecule has 1 aliphatic heterocycles. The van der Waals surface area contributed by atoms with E-state index in [1.165, 1.54) is 51.5 Å². The molecule has 5 aromatic rings. The molecule has 2 aliphatic rings. The van der Waals surface area contributed by atoms with Gasteiger partial charge in [-0.05, 0) is 72.1 Å². The van der Waals surface area contributed by atoms with Crippen molar-refractivity contribution in [2.45, 2.75) is 78.7 Å². The molecule has 7 rings (SSSR count). The van der Waals surface area contributed by atoms with Crippen LogP contribution in [0.15, 0.2) is 65.9 Å². The van der Waals surface area contributed by atoms with Crippen molar-refractivity contribution in [3.8, 4) is 20.9 Å². The fraction of sp³-hybridized carbons (Fsp3) is 0.359. The van der Waals surface area contributed by atoms with Gasteiger partial charge in [-0.1, -0.05) is 65.8 Å². The van der Waals surface area contributed by atoms with Crippen LogP contribution in [-0.4, -0.2) is 34.8 Å². The number of aliphatic imine (C=N–C) groups is 1. The van der Waals surface area contributed by atoms with Gasteiger partial charge < -0.3 is 5.32 Å². The molecule has 0 amide bonds. The van der Waals surface area contributed by atoms with Crippen LogP contribution >= 0.6 is 34.0 Å². The number of benzene rings is 1. The molecule has 0 radical (unpaired) electrons. The molecule has 1 unspecified atom stereocenters. The molecule has 1 aliphatic carbocycles. The minimum Gasteiger partial charge on any atom is -0.303 e. The Balaban J connectivity index is 1.31. The predicted octanol–water partition coefficient (Wildman–Crippen LogP) is 10.6. The molecule has 4 aromatic heterocycles. The van der Waals surface area contributed by atoms with Crippen LogP contribution in [0.1, 0.15) is 78.6 Å². The topological polar surface area (TPSA) is 50.2 Å². The van der Waals surface area contributed by atoms with Gasteiger partial charge >= 0.3 is 0 Å². The summed E-state index contributed by atoms with van der Waals surface area (Å²) >= 11 is 5.65. The molecule has 0 saturated carbocycles. The number of fused-ring (bicyclic) bond motifs is 2. The Bertz CT molecular complexity index is 2060. The predicted molar refractivity (Wildman–Crippen MR) is 202 cm³/mol. The first-order chi connectivity index (χ1) is 22.0. The summed E-state index contributed by atoms with van der Waals surface area (Å²) in [5.74, 6) is 0. The zero-order valence-electron chi connectivity index (χ0n) is 28.0. The van der Waals surface area contributed by atoms with Crippen molar-refractivity contribution in [2.75, 3.05) is 13.1 Å². The number of aromatic nitrogens is 2. The number of hydrogen-bond donors (Lipinski definition) is 1. The quantitative estimate of drug-likeness (QED) is 0.197. The highest BCUT2D eigenvalue weighted by Crippen LogP contribution is 2.46. The summed E-state index contributed by atoms with van der Waals surface area (Å²) in [6.07, 6.45) is 9.39. The maximum atomic E-state index is 5.15. The van der Waals surface area contributed by atoms with Gasteiger partial charge in [-0.3, -0.25) is 15.0 Å². The van der Waals surface area contributed by atoms with Crippen LogP contribution in [0.2, 0.25) is 0 Å². The van der Waals surface area contributed by atoms with Crippen LogP contribution in [0.4, 0.5) is 0 Å². The Hall–Kier alpha value is -3.23. The second kappa shape index (κ2) is 11.8. The normalized spacial score (nSPS) is 17.1. The molecule has 1 N–H and O–H groups in total. The first kappa shape index (κ1) is 31.4. The van der Waals surface area contributed by atoms with Crippen molar-refractivity contribution in [2.24, 2.45) is 4.99 Å². The van der Waals surface area contributed by atoms with E-state index in [0.29, 0.717) is 0 Å². The van der Waals surface area contributed by atoms with Gasteiger partial charge in [-0.15, -0.1) is 34.0 Å². The summed E-state index contributed by atoms with van der Waals surface area (Å²) in [4.78, 5) is 22.9. The summed E-state index contributed by atoms with van der Waals surface area (Å²) in [6, 6.07) is 13.7. The Morgan fingerprint density at radius 1 is 0.761 bits per heavy atom. The second-order valence-electron chi connectivity index (χ2n) is 14.1. The van der Waals surface area contributed by atoms with Crippen molar-refractivity contribution in [3.05, 3.63) is 91.6 Å². The number of hydrogen-bond acceptors (Lipinski definition) is 7. The highest BCUT2D eigenvalue weighted by molar-refractivity contribution is 7.17. The van der Waals surface area contributed by atoms with E-state index in [-0.39, 0.29) is 16.9 Å². The SMILES string of the molecule is CCC(C)(C)c1ccc(-c2ccc(-c3sc(C4=CC=C(c5ccc(C(C)(C)C)s5)C5NCCN=C45)c(C)c3C)c3nccnc23)s1. The number of rotatable bonds is 6. The van der Waals surface area contributed by atoms with Gasteiger partial charge in [-0.2, -0.15) is 0 Å². The lowest BCUT2D eigenvalue weighted by atomic mass is 9.87. The Morgan fingerprint density at radius 3 is 2.13 bits per heavy atom. The third-order valence-corrected chi connectivity index (χ3v) is 14.2. The van der Waals surface area contributed by atoms with Crippen LogP contribution in [0.5, 0.6) is 0 Å². The average molecular weight is 663 g/mol. The lowest BCUT2D eigenvalue weighted by Crippen LogP contribution is -2.44. The second-order valence-corrected chi connectivity index (χ2v) is 17.3. The van der Waals surface area contributed by atoms with Gasteiger partial charge in [0.15, 0.2) is 0 Å². The number of thiophene rings is 3. The molecular weight excluding hydrogens is 621 g/mol. The van der Waals surface area contributed by atoms with E-state index in [0.717, 1.165) is 47.4 Å².